The van der Waals surface area contributed by atoms with Crippen molar-refractivity contribution in [2.24, 2.45) is 5.73 Å². The van der Waals surface area contributed by atoms with Crippen molar-refractivity contribution in [2.75, 3.05) is 19.0 Å². The Labute approximate surface area is 201 Å². The molecule has 178 valence electrons. The number of ether oxygens (including phenoxy) is 2. The van der Waals surface area contributed by atoms with Gasteiger partial charge >= 0.3 is 0 Å². The number of nitrogens with zero attached hydrogens (tertiary/aromatic N) is 1. The van der Waals surface area contributed by atoms with E-state index in [4.69, 9.17) is 15.2 Å². The Morgan fingerprint density at radius 3 is 2.74 bits per heavy atom. The highest BCUT2D eigenvalue weighted by Crippen LogP contribution is 2.42. The van der Waals surface area contributed by atoms with Crippen LogP contribution >= 0.6 is 0 Å². The third-order valence-electron chi connectivity index (χ3n) is 6.18. The standard InChI is InChI=1S/C27H24FN3O4/c1-34-23-9-8-17(11-24(23)35-15-25(29)32)19-12-26(33)30-21-6-3-7-22-27(21)20(19)14-31(22)13-16-4-2-5-18(28)10-16/h2-11,14,19H,12-13,15H2,1H3,(H2,29,32)(H,30,33)/t19-/m1/s1. The van der Waals surface area contributed by atoms with Crippen LogP contribution in [-0.4, -0.2) is 30.1 Å². The molecule has 1 aromatic heterocycles. The molecular weight excluding hydrogens is 449 g/mol. The lowest BCUT2D eigenvalue weighted by Crippen LogP contribution is -2.20. The maximum atomic E-state index is 13.8. The van der Waals surface area contributed by atoms with Gasteiger partial charge in [0.1, 0.15) is 5.82 Å². The van der Waals surface area contributed by atoms with Crippen LogP contribution in [0.3, 0.4) is 0 Å². The molecule has 0 unspecified atom stereocenters. The van der Waals surface area contributed by atoms with Gasteiger partial charge in [0, 0.05) is 30.5 Å². The fraction of sp³-hybridized carbons (Fsp3) is 0.185. The van der Waals surface area contributed by atoms with Gasteiger partial charge < -0.3 is 25.1 Å². The van der Waals surface area contributed by atoms with Gasteiger partial charge in [-0.3, -0.25) is 9.59 Å². The predicted octanol–water partition coefficient (Wildman–Crippen LogP) is 4.18. The van der Waals surface area contributed by atoms with Crippen molar-refractivity contribution in [3.8, 4) is 11.5 Å². The van der Waals surface area contributed by atoms with E-state index in [1.807, 2.05) is 36.5 Å². The Morgan fingerprint density at radius 2 is 1.97 bits per heavy atom. The van der Waals surface area contributed by atoms with Crippen molar-refractivity contribution in [1.82, 2.24) is 4.57 Å². The molecule has 0 fully saturated rings. The molecule has 1 aliphatic rings. The van der Waals surface area contributed by atoms with Crippen LogP contribution in [0.1, 0.15) is 29.0 Å². The monoisotopic (exact) mass is 473 g/mol. The largest absolute Gasteiger partial charge is 0.493 e. The van der Waals surface area contributed by atoms with Gasteiger partial charge in [-0.2, -0.15) is 0 Å². The minimum absolute atomic E-state index is 0.106. The second-order valence-electron chi connectivity index (χ2n) is 8.51. The number of nitrogens with two attached hydrogens (primary N) is 1. The Bertz CT molecular complexity index is 1450. The maximum Gasteiger partial charge on any atom is 0.255 e. The van der Waals surface area contributed by atoms with Crippen molar-refractivity contribution >= 4 is 28.4 Å². The number of carbonyl (C=O) groups is 2. The summed E-state index contributed by atoms with van der Waals surface area (Å²) in [4.78, 5) is 24.1. The number of aromatic nitrogens is 1. The first-order valence-electron chi connectivity index (χ1n) is 11.2. The van der Waals surface area contributed by atoms with Crippen molar-refractivity contribution in [3.63, 3.8) is 0 Å². The predicted molar refractivity (Wildman–Crippen MR) is 130 cm³/mol. The average Bonchev–Trinajstić information content (AvgIpc) is 3.12. The van der Waals surface area contributed by atoms with E-state index in [0.29, 0.717) is 18.0 Å². The molecule has 0 saturated carbocycles. The molecule has 0 radical (unpaired) electrons. The number of primary amides is 1. The number of rotatable bonds is 7. The van der Waals surface area contributed by atoms with Gasteiger partial charge in [0.25, 0.3) is 5.91 Å². The van der Waals surface area contributed by atoms with E-state index in [1.54, 1.807) is 18.2 Å². The highest BCUT2D eigenvalue weighted by molar-refractivity contribution is 6.06. The fourth-order valence-electron chi connectivity index (χ4n) is 4.68. The summed E-state index contributed by atoms with van der Waals surface area (Å²) < 4.78 is 26.8. The Kier molecular flexibility index (Phi) is 5.86. The first kappa shape index (κ1) is 22.5. The summed E-state index contributed by atoms with van der Waals surface area (Å²) in [5, 5.41) is 3.96. The fourth-order valence-corrected chi connectivity index (χ4v) is 4.68. The van der Waals surface area contributed by atoms with Crippen LogP contribution in [0.15, 0.2) is 66.9 Å². The van der Waals surface area contributed by atoms with E-state index < -0.39 is 5.91 Å². The number of benzene rings is 3. The molecule has 5 rings (SSSR count). The Hall–Kier alpha value is -4.33. The molecule has 7 nitrogen and oxygen atoms in total. The summed E-state index contributed by atoms with van der Waals surface area (Å²) in [5.41, 5.74) is 9.56. The van der Waals surface area contributed by atoms with Gasteiger partial charge in [-0.1, -0.05) is 24.3 Å². The summed E-state index contributed by atoms with van der Waals surface area (Å²) in [5.74, 6) is -0.439. The molecule has 8 heteroatoms. The Morgan fingerprint density at radius 1 is 1.14 bits per heavy atom. The lowest BCUT2D eigenvalue weighted by atomic mass is 9.88. The molecular formula is C27H24FN3O4. The van der Waals surface area contributed by atoms with Crippen LogP contribution in [0.2, 0.25) is 0 Å². The molecule has 1 atom stereocenters. The topological polar surface area (TPSA) is 95.6 Å². The summed E-state index contributed by atoms with van der Waals surface area (Å²) in [6.07, 6.45) is 2.24. The molecule has 4 aromatic rings. The molecule has 2 amide bonds. The van der Waals surface area contributed by atoms with E-state index in [2.05, 4.69) is 9.88 Å². The minimum atomic E-state index is -0.601. The zero-order valence-electron chi connectivity index (χ0n) is 19.1. The van der Waals surface area contributed by atoms with Gasteiger partial charge in [0.2, 0.25) is 5.91 Å². The van der Waals surface area contributed by atoms with Crippen LogP contribution in [0.25, 0.3) is 10.9 Å². The number of hydrogen-bond donors (Lipinski definition) is 2. The summed E-state index contributed by atoms with van der Waals surface area (Å²) >= 11 is 0. The lowest BCUT2D eigenvalue weighted by Gasteiger charge is -2.17. The quantitative estimate of drug-likeness (QED) is 0.421. The maximum absolute atomic E-state index is 13.8. The average molecular weight is 474 g/mol. The van der Waals surface area contributed by atoms with E-state index in [1.165, 1.54) is 19.2 Å². The molecule has 0 saturated heterocycles. The SMILES string of the molecule is COc1ccc([C@H]2CC(=O)Nc3cccc4c3c2cn4Cc2cccc(F)c2)cc1OCC(N)=O. The number of anilines is 1. The highest BCUT2D eigenvalue weighted by atomic mass is 19.1. The zero-order chi connectivity index (χ0) is 24.5. The van der Waals surface area contributed by atoms with Crippen molar-refractivity contribution in [3.05, 3.63) is 89.4 Å². The number of amides is 2. The second-order valence-corrected chi connectivity index (χ2v) is 8.51. The highest BCUT2D eigenvalue weighted by Gasteiger charge is 2.28. The van der Waals surface area contributed by atoms with Gasteiger partial charge in [-0.25, -0.2) is 4.39 Å². The molecule has 0 spiro atoms. The first-order valence-corrected chi connectivity index (χ1v) is 11.2. The lowest BCUT2D eigenvalue weighted by molar-refractivity contribution is -0.120. The van der Waals surface area contributed by atoms with Crippen LogP contribution in [0, 0.1) is 5.82 Å². The van der Waals surface area contributed by atoms with Gasteiger partial charge in [-0.05, 0) is 53.1 Å². The number of carbonyl (C=O) groups excluding carboxylic acids is 2. The first-order chi connectivity index (χ1) is 16.9. The Balaban J connectivity index is 1.62. The number of nitrogens with one attached hydrogen (secondary N) is 1. The zero-order valence-corrected chi connectivity index (χ0v) is 19.1. The van der Waals surface area contributed by atoms with E-state index in [9.17, 15) is 14.0 Å². The van der Waals surface area contributed by atoms with Crippen molar-refractivity contribution in [1.29, 1.82) is 0 Å². The second kappa shape index (κ2) is 9.13. The van der Waals surface area contributed by atoms with Crippen LogP contribution < -0.4 is 20.5 Å². The van der Waals surface area contributed by atoms with Crippen molar-refractivity contribution < 1.29 is 23.5 Å². The number of halogens is 1. The van der Waals surface area contributed by atoms with Gasteiger partial charge in [0.05, 0.1) is 18.3 Å². The molecule has 2 heterocycles. The molecule has 1 aliphatic heterocycles. The summed E-state index contributed by atoms with van der Waals surface area (Å²) in [6, 6.07) is 17.7. The van der Waals surface area contributed by atoms with E-state index in [0.717, 1.165) is 33.3 Å². The van der Waals surface area contributed by atoms with Gasteiger partial charge in [0.15, 0.2) is 18.1 Å². The number of hydrogen-bond acceptors (Lipinski definition) is 4. The normalized spacial score (nSPS) is 14.9. The molecule has 3 N–H and O–H groups in total. The smallest absolute Gasteiger partial charge is 0.255 e. The van der Waals surface area contributed by atoms with E-state index in [-0.39, 0.29) is 30.7 Å². The molecule has 3 aromatic carbocycles. The third kappa shape index (κ3) is 4.42. The molecule has 35 heavy (non-hydrogen) atoms. The van der Waals surface area contributed by atoms with Crippen LogP contribution in [-0.2, 0) is 16.1 Å². The van der Waals surface area contributed by atoms with E-state index >= 15 is 0 Å². The van der Waals surface area contributed by atoms with Gasteiger partial charge in [-0.15, -0.1) is 0 Å². The molecule has 0 aliphatic carbocycles. The third-order valence-corrected chi connectivity index (χ3v) is 6.18. The van der Waals surface area contributed by atoms with Crippen LogP contribution in [0.4, 0.5) is 10.1 Å². The van der Waals surface area contributed by atoms with Crippen molar-refractivity contribution in [2.45, 2.75) is 18.9 Å². The summed E-state index contributed by atoms with van der Waals surface area (Å²) in [6.45, 7) is 0.190. The number of methoxy groups -OCH3 is 1. The summed E-state index contributed by atoms with van der Waals surface area (Å²) in [7, 11) is 1.51. The van der Waals surface area contributed by atoms with Crippen LogP contribution in [0.5, 0.6) is 11.5 Å². The minimum Gasteiger partial charge on any atom is -0.493 e. The molecule has 0 bridgehead atoms.